The summed E-state index contributed by atoms with van der Waals surface area (Å²) in [4.78, 5) is 11.0. The van der Waals surface area contributed by atoms with Crippen molar-refractivity contribution < 1.29 is 26.4 Å². The number of halogens is 3. The quantitative estimate of drug-likeness (QED) is 0.920. The molecule has 0 aliphatic rings. The molecule has 1 aromatic rings. The first kappa shape index (κ1) is 16.0. The molecule has 1 rings (SSSR count). The van der Waals surface area contributed by atoms with Crippen LogP contribution < -0.4 is 4.72 Å². The van der Waals surface area contributed by atoms with Crippen LogP contribution in [0.5, 0.6) is 0 Å². The lowest BCUT2D eigenvalue weighted by Gasteiger charge is -2.11. The van der Waals surface area contributed by atoms with E-state index in [1.165, 1.54) is 6.07 Å². The molecule has 0 aromatic heterocycles. The molecular formula is C11H9F3N2O3S. The number of rotatable bonds is 4. The van der Waals surface area contributed by atoms with Gasteiger partial charge in [-0.1, -0.05) is 0 Å². The van der Waals surface area contributed by atoms with Crippen LogP contribution in [0.15, 0.2) is 24.3 Å². The van der Waals surface area contributed by atoms with E-state index in [1.807, 2.05) is 4.72 Å². The van der Waals surface area contributed by atoms with Gasteiger partial charge in [0.15, 0.2) is 5.78 Å². The third-order valence-corrected chi connectivity index (χ3v) is 3.85. The molecule has 0 saturated heterocycles. The number of carbonyl (C=O) groups is 1. The predicted molar refractivity (Wildman–Crippen MR) is 64.1 cm³/mol. The number of Topliss-reactive ketones (excluding diaryl/α,β-unsaturated/α-hetero) is 1. The second-order valence-electron chi connectivity index (χ2n) is 3.84. The number of nitrogens with zero attached hydrogens (tertiary/aromatic N) is 1. The van der Waals surface area contributed by atoms with Crippen LogP contribution in [0.2, 0.25) is 0 Å². The average Bonchev–Trinajstić information content (AvgIpc) is 2.27. The van der Waals surface area contributed by atoms with Crippen molar-refractivity contribution in [3.63, 3.8) is 0 Å². The van der Waals surface area contributed by atoms with Crippen molar-refractivity contribution in [2.24, 2.45) is 0 Å². The number of sulfonamides is 1. The minimum Gasteiger partial charge on any atom is -0.297 e. The van der Waals surface area contributed by atoms with Gasteiger partial charge in [0.05, 0.1) is 11.6 Å². The molecule has 1 N–H and O–H groups in total. The van der Waals surface area contributed by atoms with E-state index >= 15 is 0 Å². The van der Waals surface area contributed by atoms with Crippen LogP contribution in [0.1, 0.15) is 12.5 Å². The number of ketones is 1. The summed E-state index contributed by atoms with van der Waals surface area (Å²) < 4.78 is 62.2. The Kier molecular flexibility index (Phi) is 4.39. The fraction of sp³-hybridized carbons (Fsp3) is 0.273. The number of nitriles is 1. The van der Waals surface area contributed by atoms with Crippen molar-refractivity contribution in [3.8, 4) is 6.07 Å². The average molecular weight is 306 g/mol. The lowest BCUT2D eigenvalue weighted by Crippen LogP contribution is -2.32. The summed E-state index contributed by atoms with van der Waals surface area (Å²) in [5.41, 5.74) is -1.11. The Balaban J connectivity index is 3.00. The van der Waals surface area contributed by atoms with Crippen molar-refractivity contribution in [3.05, 3.63) is 29.8 Å². The van der Waals surface area contributed by atoms with E-state index in [0.717, 1.165) is 19.1 Å². The predicted octanol–water partition coefficient (Wildman–Crippen LogP) is 1.93. The Bertz CT molecular complexity index is 645. The normalized spacial score (nSPS) is 13.3. The second kappa shape index (κ2) is 5.50. The number of benzene rings is 1. The van der Waals surface area contributed by atoms with Gasteiger partial charge in [0.25, 0.3) is 10.0 Å². The van der Waals surface area contributed by atoms with Crippen molar-refractivity contribution in [1.82, 2.24) is 0 Å². The minimum absolute atomic E-state index is 0.167. The van der Waals surface area contributed by atoms with Gasteiger partial charge in [0.1, 0.15) is 0 Å². The molecule has 1 unspecified atom stereocenters. The molecule has 0 aliphatic heterocycles. The largest absolute Gasteiger partial charge is 0.416 e. The second-order valence-corrected chi connectivity index (χ2v) is 5.61. The zero-order valence-electron chi connectivity index (χ0n) is 10.1. The van der Waals surface area contributed by atoms with Crippen molar-refractivity contribution >= 4 is 21.5 Å². The first-order chi connectivity index (χ1) is 9.08. The molecule has 0 aliphatic carbocycles. The van der Waals surface area contributed by atoms with Gasteiger partial charge in [-0.2, -0.15) is 18.4 Å². The molecule has 0 heterocycles. The van der Waals surface area contributed by atoms with Crippen molar-refractivity contribution in [1.29, 1.82) is 5.26 Å². The van der Waals surface area contributed by atoms with Gasteiger partial charge in [-0.05, 0) is 31.2 Å². The summed E-state index contributed by atoms with van der Waals surface area (Å²) in [6.45, 7) is 0.930. The first-order valence-electron chi connectivity index (χ1n) is 5.17. The van der Waals surface area contributed by atoms with Gasteiger partial charge >= 0.3 is 6.18 Å². The summed E-state index contributed by atoms with van der Waals surface area (Å²) in [6.07, 6.45) is -4.54. The summed E-state index contributed by atoms with van der Waals surface area (Å²) in [6, 6.07) is 4.49. The highest BCUT2D eigenvalue weighted by Gasteiger charge is 2.31. The molecule has 0 fully saturated rings. The monoisotopic (exact) mass is 306 g/mol. The summed E-state index contributed by atoms with van der Waals surface area (Å²) >= 11 is 0. The van der Waals surface area contributed by atoms with E-state index in [-0.39, 0.29) is 5.69 Å². The van der Waals surface area contributed by atoms with E-state index in [2.05, 4.69) is 0 Å². The highest BCUT2D eigenvalue weighted by atomic mass is 32.2. The molecule has 0 amide bonds. The first-order valence-corrected chi connectivity index (χ1v) is 6.71. The Labute approximate surface area is 113 Å². The Morgan fingerprint density at radius 2 is 1.80 bits per heavy atom. The molecule has 0 radical (unpaired) electrons. The fourth-order valence-electron chi connectivity index (χ4n) is 1.33. The molecular weight excluding hydrogens is 297 g/mol. The molecule has 5 nitrogen and oxygen atoms in total. The minimum atomic E-state index is -4.54. The van der Waals surface area contributed by atoms with Gasteiger partial charge in [-0.15, -0.1) is 0 Å². The third-order valence-electron chi connectivity index (χ3n) is 2.27. The molecule has 108 valence electrons. The highest BCUT2D eigenvalue weighted by molar-refractivity contribution is 7.94. The molecule has 0 spiro atoms. The lowest BCUT2D eigenvalue weighted by molar-refractivity contribution is -0.137. The molecule has 9 heteroatoms. The van der Waals surface area contributed by atoms with Crippen LogP contribution in [0.25, 0.3) is 0 Å². The zero-order valence-corrected chi connectivity index (χ0v) is 10.9. The smallest absolute Gasteiger partial charge is 0.297 e. The highest BCUT2D eigenvalue weighted by Crippen LogP contribution is 2.30. The zero-order chi connectivity index (χ0) is 15.6. The summed E-state index contributed by atoms with van der Waals surface area (Å²) in [7, 11) is -4.31. The topological polar surface area (TPSA) is 87.0 Å². The molecule has 0 saturated carbocycles. The van der Waals surface area contributed by atoms with Crippen LogP contribution in [0, 0.1) is 11.3 Å². The van der Waals surface area contributed by atoms with E-state index in [9.17, 15) is 26.4 Å². The van der Waals surface area contributed by atoms with Gasteiger partial charge in [0, 0.05) is 5.69 Å². The number of anilines is 1. The fourth-order valence-corrected chi connectivity index (χ4v) is 2.49. The summed E-state index contributed by atoms with van der Waals surface area (Å²) in [5, 5.41) is 6.71. The van der Waals surface area contributed by atoms with Gasteiger partial charge in [0.2, 0.25) is 5.25 Å². The molecule has 1 aromatic carbocycles. The number of hydrogen-bond donors (Lipinski definition) is 1. The maximum atomic E-state index is 12.3. The van der Waals surface area contributed by atoms with E-state index in [0.29, 0.717) is 12.1 Å². The maximum absolute atomic E-state index is 12.3. The van der Waals surface area contributed by atoms with E-state index < -0.39 is 32.8 Å². The number of alkyl halides is 3. The number of hydrogen-bond acceptors (Lipinski definition) is 4. The standard InChI is InChI=1S/C11H9F3N2O3S/c1-7(17)10(6-15)20(18,19)16-9-4-2-8(3-5-9)11(12,13)14/h2-5,10,16H,1H3. The SMILES string of the molecule is CC(=O)C(C#N)S(=O)(=O)Nc1ccc(C(F)(F)F)cc1. The van der Waals surface area contributed by atoms with Gasteiger partial charge in [-0.25, -0.2) is 8.42 Å². The van der Waals surface area contributed by atoms with Gasteiger partial charge < -0.3 is 0 Å². The van der Waals surface area contributed by atoms with Crippen molar-refractivity contribution in [2.75, 3.05) is 4.72 Å². The van der Waals surface area contributed by atoms with Crippen LogP contribution in [-0.4, -0.2) is 19.5 Å². The maximum Gasteiger partial charge on any atom is 0.416 e. The Hall–Kier alpha value is -2.08. The Morgan fingerprint density at radius 3 is 2.15 bits per heavy atom. The lowest BCUT2D eigenvalue weighted by atomic mass is 10.2. The van der Waals surface area contributed by atoms with Crippen LogP contribution >= 0.6 is 0 Å². The summed E-state index contributed by atoms with van der Waals surface area (Å²) in [5.74, 6) is -0.882. The van der Waals surface area contributed by atoms with Crippen molar-refractivity contribution in [2.45, 2.75) is 18.3 Å². The van der Waals surface area contributed by atoms with E-state index in [4.69, 9.17) is 5.26 Å². The Morgan fingerprint density at radius 1 is 1.30 bits per heavy atom. The number of carbonyl (C=O) groups excluding carboxylic acids is 1. The van der Waals surface area contributed by atoms with Crippen LogP contribution in [0.3, 0.4) is 0 Å². The third kappa shape index (κ3) is 3.71. The van der Waals surface area contributed by atoms with Crippen LogP contribution in [0.4, 0.5) is 18.9 Å². The van der Waals surface area contributed by atoms with Crippen LogP contribution in [-0.2, 0) is 21.0 Å². The molecule has 0 bridgehead atoms. The molecule has 1 atom stereocenters. The number of nitrogens with one attached hydrogen (secondary N) is 1. The van der Waals surface area contributed by atoms with Gasteiger partial charge in [-0.3, -0.25) is 9.52 Å². The molecule has 20 heavy (non-hydrogen) atoms. The van der Waals surface area contributed by atoms with E-state index in [1.54, 1.807) is 0 Å².